The highest BCUT2D eigenvalue weighted by molar-refractivity contribution is 7.89. The Morgan fingerprint density at radius 3 is 2.15 bits per heavy atom. The molecular formula is C18H21Cl3N2O2S. The molecule has 8 heteroatoms. The van der Waals surface area contributed by atoms with Gasteiger partial charge >= 0.3 is 0 Å². The van der Waals surface area contributed by atoms with Crippen LogP contribution in [0.15, 0.2) is 53.4 Å². The molecule has 0 aromatic heterocycles. The van der Waals surface area contributed by atoms with Crippen molar-refractivity contribution < 1.29 is 8.42 Å². The third-order valence-electron chi connectivity index (χ3n) is 4.30. The maximum absolute atomic E-state index is 12.5. The van der Waals surface area contributed by atoms with Gasteiger partial charge in [0.1, 0.15) is 0 Å². The van der Waals surface area contributed by atoms with E-state index >= 15 is 0 Å². The van der Waals surface area contributed by atoms with Crippen molar-refractivity contribution in [2.75, 3.05) is 13.1 Å². The van der Waals surface area contributed by atoms with Crippen molar-refractivity contribution in [3.63, 3.8) is 0 Å². The Labute approximate surface area is 171 Å². The number of nitrogens with zero attached hydrogens (tertiary/aromatic N) is 1. The minimum Gasteiger partial charge on any atom is -0.299 e. The van der Waals surface area contributed by atoms with Gasteiger partial charge in [-0.1, -0.05) is 53.5 Å². The van der Waals surface area contributed by atoms with Crippen LogP contribution in [0.1, 0.15) is 18.4 Å². The molecule has 2 aromatic carbocycles. The monoisotopic (exact) mass is 434 g/mol. The highest BCUT2D eigenvalue weighted by atomic mass is 35.5. The fourth-order valence-electron chi connectivity index (χ4n) is 3.02. The van der Waals surface area contributed by atoms with Gasteiger partial charge in [0.2, 0.25) is 10.0 Å². The van der Waals surface area contributed by atoms with E-state index in [0.29, 0.717) is 10.0 Å². The maximum Gasteiger partial charge on any atom is 0.240 e. The highest BCUT2D eigenvalue weighted by Crippen LogP contribution is 2.23. The van der Waals surface area contributed by atoms with Gasteiger partial charge in [-0.2, -0.15) is 0 Å². The standard InChI is InChI=1S/C18H20Cl2N2O2S.ClH/c19-15-10-16(20)12-18(11-15)25(23,24)21-17-6-8-22(9-7-17)13-14-4-2-1-3-5-14;/h1-5,10-12,17,21H,6-9,13H2;1H. The van der Waals surface area contributed by atoms with E-state index in [9.17, 15) is 8.42 Å². The lowest BCUT2D eigenvalue weighted by atomic mass is 10.1. The van der Waals surface area contributed by atoms with Crippen LogP contribution >= 0.6 is 35.6 Å². The predicted octanol–water partition coefficient (Wildman–Crippen LogP) is 4.36. The summed E-state index contributed by atoms with van der Waals surface area (Å²) in [5.74, 6) is 0. The van der Waals surface area contributed by atoms with E-state index in [4.69, 9.17) is 23.2 Å². The summed E-state index contributed by atoms with van der Waals surface area (Å²) in [5.41, 5.74) is 1.27. The molecule has 26 heavy (non-hydrogen) atoms. The molecule has 3 rings (SSSR count). The molecule has 1 fully saturated rings. The molecular weight excluding hydrogens is 415 g/mol. The smallest absolute Gasteiger partial charge is 0.240 e. The van der Waals surface area contributed by atoms with Gasteiger partial charge in [0.25, 0.3) is 0 Å². The van der Waals surface area contributed by atoms with Crippen LogP contribution in [0.5, 0.6) is 0 Å². The van der Waals surface area contributed by atoms with Crippen LogP contribution in [0.2, 0.25) is 10.0 Å². The molecule has 0 aliphatic carbocycles. The quantitative estimate of drug-likeness (QED) is 0.759. The minimum atomic E-state index is -3.62. The van der Waals surface area contributed by atoms with E-state index in [1.807, 2.05) is 18.2 Å². The van der Waals surface area contributed by atoms with Gasteiger partial charge in [-0.15, -0.1) is 12.4 Å². The Kier molecular flexibility index (Phi) is 7.76. The second kappa shape index (κ2) is 9.40. The van der Waals surface area contributed by atoms with Crippen molar-refractivity contribution >= 4 is 45.6 Å². The number of benzene rings is 2. The van der Waals surface area contributed by atoms with E-state index in [1.165, 1.54) is 23.8 Å². The lowest BCUT2D eigenvalue weighted by Gasteiger charge is -2.32. The summed E-state index contributed by atoms with van der Waals surface area (Å²) in [7, 11) is -3.62. The topological polar surface area (TPSA) is 49.4 Å². The second-order valence-electron chi connectivity index (χ2n) is 6.26. The fraction of sp³-hybridized carbons (Fsp3) is 0.333. The van der Waals surface area contributed by atoms with Crippen molar-refractivity contribution in [1.29, 1.82) is 0 Å². The molecule has 0 saturated carbocycles. The van der Waals surface area contributed by atoms with Crippen molar-refractivity contribution in [2.24, 2.45) is 0 Å². The van der Waals surface area contributed by atoms with E-state index in [0.717, 1.165) is 32.5 Å². The van der Waals surface area contributed by atoms with Crippen molar-refractivity contribution in [3.05, 3.63) is 64.1 Å². The minimum absolute atomic E-state index is 0. The van der Waals surface area contributed by atoms with Crippen LogP contribution in [0, 0.1) is 0 Å². The second-order valence-corrected chi connectivity index (χ2v) is 8.85. The average molecular weight is 436 g/mol. The van der Waals surface area contributed by atoms with Crippen LogP contribution in [-0.4, -0.2) is 32.4 Å². The van der Waals surface area contributed by atoms with Crippen molar-refractivity contribution in [3.8, 4) is 0 Å². The number of nitrogens with one attached hydrogen (secondary N) is 1. The predicted molar refractivity (Wildman–Crippen MR) is 109 cm³/mol. The molecule has 2 aromatic rings. The first kappa shape index (κ1) is 21.5. The summed E-state index contributed by atoms with van der Waals surface area (Å²) in [6.07, 6.45) is 1.56. The summed E-state index contributed by atoms with van der Waals surface area (Å²) in [5, 5.41) is 0.621. The Balaban J connectivity index is 0.00000243. The Hall–Kier alpha value is -0.820. The van der Waals surface area contributed by atoms with Gasteiger partial charge in [-0.25, -0.2) is 13.1 Å². The van der Waals surface area contributed by atoms with E-state index in [2.05, 4.69) is 21.8 Å². The zero-order chi connectivity index (χ0) is 17.9. The Morgan fingerprint density at radius 2 is 1.58 bits per heavy atom. The van der Waals surface area contributed by atoms with E-state index < -0.39 is 10.0 Å². The first-order valence-corrected chi connectivity index (χ1v) is 10.4. The number of piperidine rings is 1. The average Bonchev–Trinajstić information content (AvgIpc) is 2.56. The molecule has 0 unspecified atom stereocenters. The molecule has 1 saturated heterocycles. The van der Waals surface area contributed by atoms with E-state index in [-0.39, 0.29) is 23.3 Å². The third-order valence-corrected chi connectivity index (χ3v) is 6.24. The molecule has 1 N–H and O–H groups in total. The molecule has 142 valence electrons. The van der Waals surface area contributed by atoms with Gasteiger partial charge in [0.05, 0.1) is 4.90 Å². The molecule has 0 bridgehead atoms. The largest absolute Gasteiger partial charge is 0.299 e. The van der Waals surface area contributed by atoms with Crippen LogP contribution in [0.25, 0.3) is 0 Å². The zero-order valence-electron chi connectivity index (χ0n) is 14.1. The molecule has 1 heterocycles. The van der Waals surface area contributed by atoms with Crippen molar-refractivity contribution in [1.82, 2.24) is 9.62 Å². The zero-order valence-corrected chi connectivity index (χ0v) is 17.2. The fourth-order valence-corrected chi connectivity index (χ4v) is 5.05. The third kappa shape index (κ3) is 5.84. The summed E-state index contributed by atoms with van der Waals surface area (Å²) >= 11 is 11.8. The summed E-state index contributed by atoms with van der Waals surface area (Å²) in [6.45, 7) is 2.61. The van der Waals surface area contributed by atoms with Crippen LogP contribution in [-0.2, 0) is 16.6 Å². The van der Waals surface area contributed by atoms with Crippen molar-refractivity contribution in [2.45, 2.75) is 30.3 Å². The first-order valence-electron chi connectivity index (χ1n) is 8.17. The lowest BCUT2D eigenvalue weighted by molar-refractivity contribution is 0.200. The van der Waals surface area contributed by atoms with Crippen LogP contribution in [0.4, 0.5) is 0 Å². The van der Waals surface area contributed by atoms with Gasteiger partial charge < -0.3 is 0 Å². The lowest BCUT2D eigenvalue weighted by Crippen LogP contribution is -2.44. The number of likely N-dealkylation sites (tertiary alicyclic amines) is 1. The Morgan fingerprint density at radius 1 is 1.00 bits per heavy atom. The molecule has 0 amide bonds. The first-order chi connectivity index (χ1) is 11.9. The van der Waals surface area contributed by atoms with Gasteiger partial charge in [-0.3, -0.25) is 4.90 Å². The normalized spacial score (nSPS) is 16.2. The molecule has 1 aliphatic heterocycles. The highest BCUT2D eigenvalue weighted by Gasteiger charge is 2.25. The van der Waals surface area contributed by atoms with E-state index in [1.54, 1.807) is 0 Å². The summed E-state index contributed by atoms with van der Waals surface area (Å²) < 4.78 is 27.8. The molecule has 0 spiro atoms. The summed E-state index contributed by atoms with van der Waals surface area (Å²) in [4.78, 5) is 2.45. The SMILES string of the molecule is Cl.O=S(=O)(NC1CCN(Cc2ccccc2)CC1)c1cc(Cl)cc(Cl)c1. The number of sulfonamides is 1. The molecule has 1 aliphatic rings. The number of rotatable bonds is 5. The maximum atomic E-state index is 12.5. The number of hydrogen-bond donors (Lipinski definition) is 1. The van der Waals surface area contributed by atoms with Crippen LogP contribution in [0.3, 0.4) is 0 Å². The number of halogens is 3. The molecule has 4 nitrogen and oxygen atoms in total. The van der Waals surface area contributed by atoms with Gasteiger partial charge in [0, 0.05) is 35.7 Å². The van der Waals surface area contributed by atoms with Gasteiger partial charge in [-0.05, 0) is 36.6 Å². The van der Waals surface area contributed by atoms with Gasteiger partial charge in [0.15, 0.2) is 0 Å². The molecule has 0 atom stereocenters. The molecule has 0 radical (unpaired) electrons. The van der Waals surface area contributed by atoms with Crippen LogP contribution < -0.4 is 4.72 Å². The Bertz CT molecular complexity index is 803. The summed E-state index contributed by atoms with van der Waals surface area (Å²) in [6, 6.07) is 14.6. The number of hydrogen-bond acceptors (Lipinski definition) is 3.